The summed E-state index contributed by atoms with van der Waals surface area (Å²) in [5.74, 6) is 0.995. The van der Waals surface area contributed by atoms with E-state index >= 15 is 0 Å². The third-order valence-electron chi connectivity index (χ3n) is 2.34. The van der Waals surface area contributed by atoms with Gasteiger partial charge < -0.3 is 4.42 Å². The van der Waals surface area contributed by atoms with Crippen LogP contribution in [0.5, 0.6) is 0 Å². The third kappa shape index (κ3) is 1.82. The van der Waals surface area contributed by atoms with Crippen molar-refractivity contribution in [2.45, 2.75) is 13.3 Å². The van der Waals surface area contributed by atoms with Gasteiger partial charge in [-0.3, -0.25) is 9.48 Å². The lowest BCUT2D eigenvalue weighted by Gasteiger charge is -1.99. The molecule has 2 heterocycles. The zero-order valence-electron chi connectivity index (χ0n) is 9.03. The van der Waals surface area contributed by atoms with Gasteiger partial charge in [-0.05, 0) is 28.1 Å². The summed E-state index contributed by atoms with van der Waals surface area (Å²) in [4.78, 5) is 12.1. The third-order valence-corrected chi connectivity index (χ3v) is 2.92. The first kappa shape index (κ1) is 11.1. The van der Waals surface area contributed by atoms with Crippen LogP contribution in [-0.4, -0.2) is 15.6 Å². The fourth-order valence-corrected chi connectivity index (χ4v) is 2.00. The molecule has 0 fully saturated rings. The summed E-state index contributed by atoms with van der Waals surface area (Å²) in [7, 11) is 1.72. The van der Waals surface area contributed by atoms with Gasteiger partial charge in [0.25, 0.3) is 0 Å². The summed E-state index contributed by atoms with van der Waals surface area (Å²) in [5.41, 5.74) is 0.497. The van der Waals surface area contributed by atoms with Crippen LogP contribution >= 0.6 is 15.9 Å². The molecule has 0 radical (unpaired) electrons. The van der Waals surface area contributed by atoms with E-state index in [9.17, 15) is 4.79 Å². The molecular formula is C11H11BrN2O2. The minimum atomic E-state index is -0.161. The molecule has 0 unspecified atom stereocenters. The van der Waals surface area contributed by atoms with Gasteiger partial charge in [-0.1, -0.05) is 6.92 Å². The second kappa shape index (κ2) is 4.25. The van der Waals surface area contributed by atoms with Crippen molar-refractivity contribution in [1.29, 1.82) is 0 Å². The number of carbonyl (C=O) groups excluding carboxylic acids is 1. The average Bonchev–Trinajstić information content (AvgIpc) is 2.85. The Morgan fingerprint density at radius 1 is 1.56 bits per heavy atom. The highest BCUT2D eigenvalue weighted by molar-refractivity contribution is 9.10. The van der Waals surface area contributed by atoms with Crippen molar-refractivity contribution >= 4 is 21.7 Å². The quantitative estimate of drug-likeness (QED) is 0.813. The number of hydrogen-bond donors (Lipinski definition) is 0. The standard InChI is InChI=1S/C11H11BrN2O2/c1-3-7-4-5-9(16-7)11(15)10-8(12)6-13-14(10)2/h4-6H,3H2,1-2H3. The van der Waals surface area contributed by atoms with Gasteiger partial charge in [0.05, 0.1) is 10.7 Å². The number of nitrogens with zero attached hydrogens (tertiary/aromatic N) is 2. The lowest BCUT2D eigenvalue weighted by molar-refractivity contribution is 0.0998. The van der Waals surface area contributed by atoms with E-state index in [1.807, 2.05) is 13.0 Å². The Kier molecular flexibility index (Phi) is 2.96. The molecule has 0 aliphatic heterocycles. The Morgan fingerprint density at radius 3 is 2.81 bits per heavy atom. The highest BCUT2D eigenvalue weighted by atomic mass is 79.9. The predicted molar refractivity (Wildman–Crippen MR) is 62.4 cm³/mol. The zero-order chi connectivity index (χ0) is 11.7. The first-order valence-corrected chi connectivity index (χ1v) is 5.73. The molecule has 0 aromatic carbocycles. The van der Waals surface area contributed by atoms with E-state index in [1.54, 1.807) is 19.3 Å². The highest BCUT2D eigenvalue weighted by Crippen LogP contribution is 2.20. The Hall–Kier alpha value is -1.36. The lowest BCUT2D eigenvalue weighted by Crippen LogP contribution is -2.08. The number of hydrogen-bond acceptors (Lipinski definition) is 3. The fraction of sp³-hybridized carbons (Fsp3) is 0.273. The highest BCUT2D eigenvalue weighted by Gasteiger charge is 2.20. The number of halogens is 1. The topological polar surface area (TPSA) is 48.0 Å². The number of aromatic nitrogens is 2. The van der Waals surface area contributed by atoms with Gasteiger partial charge in [0, 0.05) is 13.5 Å². The molecule has 0 atom stereocenters. The van der Waals surface area contributed by atoms with Crippen molar-refractivity contribution in [1.82, 2.24) is 9.78 Å². The molecule has 0 spiro atoms. The van der Waals surface area contributed by atoms with Crippen molar-refractivity contribution in [3.8, 4) is 0 Å². The van der Waals surface area contributed by atoms with E-state index in [-0.39, 0.29) is 5.78 Å². The van der Waals surface area contributed by atoms with Crippen LogP contribution in [0.1, 0.15) is 28.9 Å². The number of aryl methyl sites for hydroxylation is 2. The molecule has 0 bridgehead atoms. The molecule has 0 aliphatic rings. The van der Waals surface area contributed by atoms with Gasteiger partial charge in [-0.25, -0.2) is 0 Å². The number of carbonyl (C=O) groups is 1. The maximum atomic E-state index is 12.1. The van der Waals surface area contributed by atoms with Crippen LogP contribution in [0, 0.1) is 0 Å². The van der Waals surface area contributed by atoms with E-state index in [1.165, 1.54) is 4.68 Å². The Morgan fingerprint density at radius 2 is 2.31 bits per heavy atom. The average molecular weight is 283 g/mol. The molecular weight excluding hydrogens is 272 g/mol. The van der Waals surface area contributed by atoms with Gasteiger partial charge in [0.15, 0.2) is 5.76 Å². The van der Waals surface area contributed by atoms with Crippen molar-refractivity contribution in [3.63, 3.8) is 0 Å². The second-order valence-corrected chi connectivity index (χ2v) is 4.27. The van der Waals surface area contributed by atoms with Gasteiger partial charge in [-0.15, -0.1) is 0 Å². The normalized spacial score (nSPS) is 10.7. The van der Waals surface area contributed by atoms with Gasteiger partial charge in [0.2, 0.25) is 5.78 Å². The SMILES string of the molecule is CCc1ccc(C(=O)c2c(Br)cnn2C)o1. The van der Waals surface area contributed by atoms with Crippen LogP contribution in [0.25, 0.3) is 0 Å². The smallest absolute Gasteiger partial charge is 0.247 e. The molecule has 0 aliphatic carbocycles. The molecule has 0 N–H and O–H groups in total. The van der Waals surface area contributed by atoms with Crippen LogP contribution in [0.2, 0.25) is 0 Å². The van der Waals surface area contributed by atoms with Crippen LogP contribution in [-0.2, 0) is 13.5 Å². The predicted octanol–water partition coefficient (Wildman–Crippen LogP) is 2.57. The molecule has 0 amide bonds. The Labute approximate surface area is 101 Å². The maximum absolute atomic E-state index is 12.1. The summed E-state index contributed by atoms with van der Waals surface area (Å²) in [6.07, 6.45) is 2.37. The van der Waals surface area contributed by atoms with Crippen molar-refractivity contribution in [2.24, 2.45) is 7.05 Å². The van der Waals surface area contributed by atoms with E-state index in [2.05, 4.69) is 21.0 Å². The van der Waals surface area contributed by atoms with Crippen LogP contribution in [0.4, 0.5) is 0 Å². The lowest BCUT2D eigenvalue weighted by atomic mass is 10.2. The summed E-state index contributed by atoms with van der Waals surface area (Å²) >= 11 is 3.29. The molecule has 2 aromatic rings. The van der Waals surface area contributed by atoms with Crippen molar-refractivity contribution in [2.75, 3.05) is 0 Å². The zero-order valence-corrected chi connectivity index (χ0v) is 10.6. The summed E-state index contributed by atoms with van der Waals surface area (Å²) in [6.45, 7) is 1.98. The minimum absolute atomic E-state index is 0.161. The summed E-state index contributed by atoms with van der Waals surface area (Å²) in [6, 6.07) is 3.51. The first-order chi connectivity index (χ1) is 7.63. The molecule has 2 aromatic heterocycles. The Bertz CT molecular complexity index is 508. The van der Waals surface area contributed by atoms with E-state index < -0.39 is 0 Å². The second-order valence-electron chi connectivity index (χ2n) is 3.41. The molecule has 2 rings (SSSR count). The van der Waals surface area contributed by atoms with Gasteiger partial charge >= 0.3 is 0 Å². The molecule has 5 heteroatoms. The first-order valence-electron chi connectivity index (χ1n) is 4.94. The van der Waals surface area contributed by atoms with Crippen LogP contribution in [0.3, 0.4) is 0 Å². The largest absolute Gasteiger partial charge is 0.458 e. The van der Waals surface area contributed by atoms with Crippen LogP contribution < -0.4 is 0 Å². The van der Waals surface area contributed by atoms with Crippen molar-refractivity contribution < 1.29 is 9.21 Å². The van der Waals surface area contributed by atoms with Gasteiger partial charge in [0.1, 0.15) is 11.5 Å². The van der Waals surface area contributed by atoms with Gasteiger partial charge in [-0.2, -0.15) is 5.10 Å². The van der Waals surface area contributed by atoms with E-state index in [0.717, 1.165) is 12.2 Å². The van der Waals surface area contributed by atoms with Crippen molar-refractivity contribution in [3.05, 3.63) is 40.0 Å². The molecule has 0 saturated heterocycles. The van der Waals surface area contributed by atoms with E-state index in [0.29, 0.717) is 15.9 Å². The summed E-state index contributed by atoms with van der Waals surface area (Å²) in [5, 5.41) is 4.00. The monoisotopic (exact) mass is 282 g/mol. The molecule has 4 nitrogen and oxygen atoms in total. The number of furan rings is 1. The Balaban J connectivity index is 2.39. The maximum Gasteiger partial charge on any atom is 0.247 e. The van der Waals surface area contributed by atoms with E-state index in [4.69, 9.17) is 4.42 Å². The number of ketones is 1. The van der Waals surface area contributed by atoms with Crippen LogP contribution in [0.15, 0.2) is 27.2 Å². The fourth-order valence-electron chi connectivity index (χ4n) is 1.47. The molecule has 84 valence electrons. The summed E-state index contributed by atoms with van der Waals surface area (Å²) < 4.78 is 7.62. The number of rotatable bonds is 3. The molecule has 16 heavy (non-hydrogen) atoms. The molecule has 0 saturated carbocycles. The minimum Gasteiger partial charge on any atom is -0.458 e.